The molecule has 0 spiro atoms. The van der Waals surface area contributed by atoms with E-state index in [0.29, 0.717) is 13.2 Å². The van der Waals surface area contributed by atoms with Gasteiger partial charge in [0.25, 0.3) is 0 Å². The van der Waals surface area contributed by atoms with Crippen LogP contribution in [0.3, 0.4) is 0 Å². The average Bonchev–Trinajstić information content (AvgIpc) is 2.61. The molecule has 0 aliphatic rings. The van der Waals surface area contributed by atoms with Crippen molar-refractivity contribution < 1.29 is 38.0 Å². The van der Waals surface area contributed by atoms with Crippen molar-refractivity contribution in [3.8, 4) is 0 Å². The summed E-state index contributed by atoms with van der Waals surface area (Å²) in [6.07, 6.45) is -2.62. The molecule has 8 nitrogen and oxygen atoms in total. The van der Waals surface area contributed by atoms with E-state index in [4.69, 9.17) is 28.4 Å². The lowest BCUT2D eigenvalue weighted by atomic mass is 10.1. The maximum atomic E-state index is 12.3. The highest BCUT2D eigenvalue weighted by molar-refractivity contribution is 5.95. The van der Waals surface area contributed by atoms with Crippen molar-refractivity contribution in [3.63, 3.8) is 0 Å². The number of benzene rings is 1. The monoisotopic (exact) mass is 398 g/mol. The summed E-state index contributed by atoms with van der Waals surface area (Å²) in [5.74, 6) is -1.25. The van der Waals surface area contributed by atoms with Gasteiger partial charge in [0.05, 0.1) is 11.1 Å². The molecule has 0 fully saturated rings. The number of hydrogen-bond donors (Lipinski definition) is 0. The topological polar surface area (TPSA) is 89.5 Å². The van der Waals surface area contributed by atoms with Gasteiger partial charge in [0.1, 0.15) is 0 Å². The van der Waals surface area contributed by atoms with Crippen LogP contribution in [0.1, 0.15) is 62.3 Å². The number of rotatable bonds is 12. The fourth-order valence-electron chi connectivity index (χ4n) is 2.35. The molecule has 158 valence electrons. The number of esters is 2. The van der Waals surface area contributed by atoms with E-state index in [9.17, 15) is 9.59 Å². The Hall–Kier alpha value is -2.00. The standard InChI is InChI=1S/C20H30O8/c1-7-23-13(3)25-15(5)27-19(21)17-10-9-11-18(12-17)20(22)28-16(6)26-14(4)24-8-2/h9-16H,7-8H2,1-6H3. The molecule has 0 aliphatic heterocycles. The third-order valence-electron chi connectivity index (χ3n) is 3.45. The van der Waals surface area contributed by atoms with Gasteiger partial charge >= 0.3 is 11.9 Å². The molecule has 0 amide bonds. The zero-order valence-electron chi connectivity index (χ0n) is 17.3. The van der Waals surface area contributed by atoms with Crippen molar-refractivity contribution in [2.24, 2.45) is 0 Å². The molecule has 0 radical (unpaired) electrons. The Balaban J connectivity index is 2.64. The Kier molecular flexibility index (Phi) is 10.7. The fraction of sp³-hybridized carbons (Fsp3) is 0.600. The molecule has 8 heteroatoms. The quantitative estimate of drug-likeness (QED) is 0.390. The molecule has 0 aliphatic carbocycles. The molecule has 4 unspecified atom stereocenters. The Morgan fingerprint density at radius 3 is 1.50 bits per heavy atom. The maximum Gasteiger partial charge on any atom is 0.340 e. The summed E-state index contributed by atoms with van der Waals surface area (Å²) in [6.45, 7) is 11.2. The summed E-state index contributed by atoms with van der Waals surface area (Å²) < 4.78 is 31.7. The van der Waals surface area contributed by atoms with Crippen LogP contribution in [0.15, 0.2) is 24.3 Å². The number of carbonyl (C=O) groups excluding carboxylic acids is 2. The number of ether oxygens (including phenoxy) is 6. The zero-order chi connectivity index (χ0) is 21.1. The van der Waals surface area contributed by atoms with E-state index < -0.39 is 37.1 Å². The SMILES string of the molecule is CCOC(C)OC(C)OC(=O)c1cccc(C(=O)OC(C)OC(C)OCC)c1. The molecule has 0 bridgehead atoms. The van der Waals surface area contributed by atoms with Crippen LogP contribution in [-0.4, -0.2) is 50.3 Å². The van der Waals surface area contributed by atoms with Gasteiger partial charge in [0.15, 0.2) is 12.6 Å². The van der Waals surface area contributed by atoms with Gasteiger partial charge < -0.3 is 28.4 Å². The van der Waals surface area contributed by atoms with Gasteiger partial charge in [-0.05, 0) is 59.7 Å². The van der Waals surface area contributed by atoms with Gasteiger partial charge in [-0.25, -0.2) is 9.59 Å². The Morgan fingerprint density at radius 1 is 0.750 bits per heavy atom. The predicted octanol–water partition coefficient (Wildman–Crippen LogP) is 3.49. The summed E-state index contributed by atoms with van der Waals surface area (Å²) >= 11 is 0. The normalized spacial score (nSPS) is 15.4. The summed E-state index contributed by atoms with van der Waals surface area (Å²) in [6, 6.07) is 6.03. The molecule has 0 heterocycles. The van der Waals surface area contributed by atoms with Crippen LogP contribution in [0.2, 0.25) is 0 Å². The van der Waals surface area contributed by atoms with Crippen molar-refractivity contribution in [3.05, 3.63) is 35.4 Å². The largest absolute Gasteiger partial charge is 0.432 e. The third kappa shape index (κ3) is 8.79. The van der Waals surface area contributed by atoms with Crippen molar-refractivity contribution in [1.82, 2.24) is 0 Å². The van der Waals surface area contributed by atoms with E-state index in [0.717, 1.165) is 0 Å². The van der Waals surface area contributed by atoms with Crippen LogP contribution in [0.5, 0.6) is 0 Å². The van der Waals surface area contributed by atoms with E-state index in [1.807, 2.05) is 13.8 Å². The molecule has 1 aromatic carbocycles. The predicted molar refractivity (Wildman–Crippen MR) is 101 cm³/mol. The molecular formula is C20H30O8. The van der Waals surface area contributed by atoms with E-state index in [2.05, 4.69) is 0 Å². The van der Waals surface area contributed by atoms with E-state index in [1.54, 1.807) is 33.8 Å². The Morgan fingerprint density at radius 2 is 1.14 bits per heavy atom. The fourth-order valence-corrected chi connectivity index (χ4v) is 2.35. The van der Waals surface area contributed by atoms with Crippen molar-refractivity contribution >= 4 is 11.9 Å². The number of carbonyl (C=O) groups is 2. The van der Waals surface area contributed by atoms with Gasteiger partial charge in [-0.3, -0.25) is 0 Å². The smallest absolute Gasteiger partial charge is 0.340 e. The second-order valence-corrected chi connectivity index (χ2v) is 5.84. The van der Waals surface area contributed by atoms with Gasteiger partial charge in [-0.2, -0.15) is 0 Å². The van der Waals surface area contributed by atoms with E-state index in [-0.39, 0.29) is 11.1 Å². The lowest BCUT2D eigenvalue weighted by Gasteiger charge is -2.19. The van der Waals surface area contributed by atoms with Crippen LogP contribution in [0, 0.1) is 0 Å². The summed E-state index contributed by atoms with van der Waals surface area (Å²) in [4.78, 5) is 24.5. The Labute approximate surface area is 166 Å². The van der Waals surface area contributed by atoms with Crippen LogP contribution in [-0.2, 0) is 28.4 Å². The lowest BCUT2D eigenvalue weighted by Crippen LogP contribution is -2.25. The molecule has 1 rings (SSSR count). The minimum atomic E-state index is -0.807. The van der Waals surface area contributed by atoms with Gasteiger partial charge in [-0.1, -0.05) is 6.07 Å². The van der Waals surface area contributed by atoms with Gasteiger partial charge in [-0.15, -0.1) is 0 Å². The molecule has 0 aromatic heterocycles. The van der Waals surface area contributed by atoms with E-state index >= 15 is 0 Å². The van der Waals surface area contributed by atoms with Crippen molar-refractivity contribution in [1.29, 1.82) is 0 Å². The highest BCUT2D eigenvalue weighted by Crippen LogP contribution is 2.12. The minimum absolute atomic E-state index is 0.199. The maximum absolute atomic E-state index is 12.3. The van der Waals surface area contributed by atoms with Gasteiger partial charge in [0, 0.05) is 13.2 Å². The molecule has 0 N–H and O–H groups in total. The minimum Gasteiger partial charge on any atom is -0.432 e. The van der Waals surface area contributed by atoms with Gasteiger partial charge in [0.2, 0.25) is 12.6 Å². The number of hydrogen-bond acceptors (Lipinski definition) is 8. The first-order chi connectivity index (χ1) is 13.3. The summed E-state index contributed by atoms with van der Waals surface area (Å²) in [5.41, 5.74) is 0.399. The molecular weight excluding hydrogens is 368 g/mol. The first kappa shape index (κ1) is 24.0. The van der Waals surface area contributed by atoms with Crippen LogP contribution in [0.25, 0.3) is 0 Å². The average molecular weight is 398 g/mol. The molecule has 0 saturated carbocycles. The second-order valence-electron chi connectivity index (χ2n) is 5.84. The first-order valence-electron chi connectivity index (χ1n) is 9.32. The highest BCUT2D eigenvalue weighted by Gasteiger charge is 2.19. The molecule has 4 atom stereocenters. The third-order valence-corrected chi connectivity index (χ3v) is 3.45. The lowest BCUT2D eigenvalue weighted by molar-refractivity contribution is -0.212. The molecule has 1 aromatic rings. The molecule has 28 heavy (non-hydrogen) atoms. The van der Waals surface area contributed by atoms with E-state index in [1.165, 1.54) is 18.2 Å². The molecule has 0 saturated heterocycles. The summed E-state index contributed by atoms with van der Waals surface area (Å²) in [7, 11) is 0. The van der Waals surface area contributed by atoms with Crippen LogP contribution >= 0.6 is 0 Å². The highest BCUT2D eigenvalue weighted by atomic mass is 16.8. The van der Waals surface area contributed by atoms with Crippen LogP contribution in [0.4, 0.5) is 0 Å². The zero-order valence-corrected chi connectivity index (χ0v) is 17.3. The van der Waals surface area contributed by atoms with Crippen molar-refractivity contribution in [2.75, 3.05) is 13.2 Å². The summed E-state index contributed by atoms with van der Waals surface area (Å²) in [5, 5.41) is 0. The second kappa shape index (κ2) is 12.5. The van der Waals surface area contributed by atoms with Crippen LogP contribution < -0.4 is 0 Å². The van der Waals surface area contributed by atoms with Crippen molar-refractivity contribution in [2.45, 2.75) is 66.7 Å². The Bertz CT molecular complexity index is 569. The first-order valence-corrected chi connectivity index (χ1v) is 9.32.